The molecule has 1 aromatic rings. The molecule has 2 fully saturated rings. The monoisotopic (exact) mass is 306 g/mol. The van der Waals surface area contributed by atoms with E-state index in [0.717, 1.165) is 19.4 Å². The first-order valence-corrected chi connectivity index (χ1v) is 7.89. The number of carbonyl (C=O) groups excluding carboxylic acids is 1. The molecule has 1 amide bonds. The lowest BCUT2D eigenvalue weighted by Crippen LogP contribution is -2.67. The van der Waals surface area contributed by atoms with Crippen LogP contribution in [-0.2, 0) is 17.9 Å². The summed E-state index contributed by atoms with van der Waals surface area (Å²) in [4.78, 5) is 37.9. The van der Waals surface area contributed by atoms with Crippen LogP contribution < -0.4 is 21.9 Å². The van der Waals surface area contributed by atoms with Crippen molar-refractivity contribution >= 4 is 5.91 Å². The number of H-pyrrole nitrogens is 1. The molecule has 1 atom stereocenters. The largest absolute Gasteiger partial charge is 0.350 e. The molecule has 2 heterocycles. The highest BCUT2D eigenvalue weighted by Crippen LogP contribution is 2.45. The summed E-state index contributed by atoms with van der Waals surface area (Å²) in [6.45, 7) is 3.35. The Balaban J connectivity index is 1.67. The van der Waals surface area contributed by atoms with Crippen molar-refractivity contribution < 1.29 is 4.79 Å². The maximum absolute atomic E-state index is 12.3. The first-order chi connectivity index (χ1) is 10.6. The Hall–Kier alpha value is -1.89. The molecule has 0 bridgehead atoms. The number of aryl methyl sites for hydroxylation is 1. The number of hydrogen-bond acceptors (Lipinski definition) is 4. The van der Waals surface area contributed by atoms with Crippen LogP contribution in [0.25, 0.3) is 0 Å². The molecular weight excluding hydrogens is 284 g/mol. The van der Waals surface area contributed by atoms with E-state index in [1.807, 2.05) is 6.92 Å². The van der Waals surface area contributed by atoms with Gasteiger partial charge in [0.25, 0.3) is 5.56 Å². The number of nitrogens with one attached hydrogen (secondary N) is 3. The average molecular weight is 306 g/mol. The highest BCUT2D eigenvalue weighted by atomic mass is 16.2. The summed E-state index contributed by atoms with van der Waals surface area (Å²) in [6, 6.07) is -0.147. The Kier molecular flexibility index (Phi) is 3.90. The van der Waals surface area contributed by atoms with E-state index in [-0.39, 0.29) is 23.9 Å². The normalized spacial score (nSPS) is 22.5. The van der Waals surface area contributed by atoms with Crippen LogP contribution in [0.3, 0.4) is 0 Å². The number of carbonyl (C=O) groups is 1. The van der Waals surface area contributed by atoms with Crippen molar-refractivity contribution in [1.29, 1.82) is 0 Å². The van der Waals surface area contributed by atoms with Crippen molar-refractivity contribution in [1.82, 2.24) is 20.2 Å². The van der Waals surface area contributed by atoms with E-state index in [9.17, 15) is 14.4 Å². The second kappa shape index (κ2) is 5.72. The Morgan fingerprint density at radius 2 is 2.14 bits per heavy atom. The lowest BCUT2D eigenvalue weighted by Gasteiger charge is -2.47. The van der Waals surface area contributed by atoms with E-state index in [0.29, 0.717) is 12.1 Å². The van der Waals surface area contributed by atoms with E-state index in [1.165, 1.54) is 23.6 Å². The van der Waals surface area contributed by atoms with E-state index in [1.54, 1.807) is 0 Å². The van der Waals surface area contributed by atoms with Crippen molar-refractivity contribution in [2.45, 2.75) is 51.7 Å². The molecule has 1 saturated heterocycles. The van der Waals surface area contributed by atoms with Gasteiger partial charge in [0.1, 0.15) is 0 Å². The molecular formula is C15H22N4O3. The summed E-state index contributed by atoms with van der Waals surface area (Å²) in [5.74, 6) is -0.0539. The number of rotatable bonds is 4. The highest BCUT2D eigenvalue weighted by molar-refractivity contribution is 5.84. The Morgan fingerprint density at radius 1 is 1.41 bits per heavy atom. The number of nitrogens with zero attached hydrogens (tertiary/aromatic N) is 1. The molecule has 2 aliphatic rings. The highest BCUT2D eigenvalue weighted by Gasteiger charge is 2.51. The molecule has 7 heteroatoms. The summed E-state index contributed by atoms with van der Waals surface area (Å²) in [6.07, 6.45) is 6.08. The van der Waals surface area contributed by atoms with Gasteiger partial charge in [0.15, 0.2) is 0 Å². The first kappa shape index (κ1) is 15.0. The second-order valence-electron chi connectivity index (χ2n) is 6.30. The van der Waals surface area contributed by atoms with E-state index >= 15 is 0 Å². The smallest absolute Gasteiger partial charge is 0.328 e. The van der Waals surface area contributed by atoms with Crippen LogP contribution in [0, 0.1) is 5.41 Å². The van der Waals surface area contributed by atoms with Crippen molar-refractivity contribution in [3.05, 3.63) is 32.6 Å². The second-order valence-corrected chi connectivity index (χ2v) is 6.30. The summed E-state index contributed by atoms with van der Waals surface area (Å²) < 4.78 is 1.42. The zero-order valence-electron chi connectivity index (χ0n) is 12.8. The average Bonchev–Trinajstić information content (AvgIpc) is 2.97. The van der Waals surface area contributed by atoms with Gasteiger partial charge >= 0.3 is 5.69 Å². The van der Waals surface area contributed by atoms with Crippen LogP contribution in [0.4, 0.5) is 0 Å². The summed E-state index contributed by atoms with van der Waals surface area (Å²) in [5, 5.41) is 6.03. The quantitative estimate of drug-likeness (QED) is 0.712. The molecule has 0 radical (unpaired) electrons. The van der Waals surface area contributed by atoms with Crippen LogP contribution in [-0.4, -0.2) is 28.0 Å². The van der Waals surface area contributed by atoms with Gasteiger partial charge in [-0.1, -0.05) is 12.8 Å². The number of hydrogen-bond donors (Lipinski definition) is 3. The van der Waals surface area contributed by atoms with Crippen LogP contribution in [0.1, 0.15) is 38.2 Å². The molecule has 1 unspecified atom stereocenters. The SMILES string of the molecule is CCn1cc(CNC(=O)C2NCC23CCCC3)c(=O)[nH]c1=O. The van der Waals surface area contributed by atoms with Gasteiger partial charge in [-0.25, -0.2) is 4.79 Å². The van der Waals surface area contributed by atoms with Crippen LogP contribution in [0.15, 0.2) is 15.8 Å². The maximum atomic E-state index is 12.3. The number of aromatic nitrogens is 2. The minimum absolute atomic E-state index is 0.0539. The zero-order valence-corrected chi connectivity index (χ0v) is 12.8. The Morgan fingerprint density at radius 3 is 2.73 bits per heavy atom. The van der Waals surface area contributed by atoms with Gasteiger partial charge in [-0.2, -0.15) is 0 Å². The zero-order chi connectivity index (χ0) is 15.7. The molecule has 22 heavy (non-hydrogen) atoms. The minimum atomic E-state index is -0.438. The van der Waals surface area contributed by atoms with Gasteiger partial charge < -0.3 is 15.2 Å². The molecule has 1 spiro atoms. The molecule has 1 aromatic heterocycles. The third kappa shape index (κ3) is 2.49. The molecule has 1 aliphatic carbocycles. The van der Waals surface area contributed by atoms with Crippen molar-refractivity contribution in [3.8, 4) is 0 Å². The molecule has 3 rings (SSSR count). The molecule has 3 N–H and O–H groups in total. The van der Waals surface area contributed by atoms with E-state index in [4.69, 9.17) is 0 Å². The fourth-order valence-electron chi connectivity index (χ4n) is 3.61. The minimum Gasteiger partial charge on any atom is -0.350 e. The molecule has 1 saturated carbocycles. The summed E-state index contributed by atoms with van der Waals surface area (Å²) >= 11 is 0. The summed E-state index contributed by atoms with van der Waals surface area (Å²) in [7, 11) is 0. The third-order valence-corrected chi connectivity index (χ3v) is 5.01. The van der Waals surface area contributed by atoms with Gasteiger partial charge in [0.05, 0.1) is 11.6 Å². The van der Waals surface area contributed by atoms with Gasteiger partial charge in [-0.3, -0.25) is 14.6 Å². The lowest BCUT2D eigenvalue weighted by atomic mass is 9.71. The van der Waals surface area contributed by atoms with E-state index < -0.39 is 11.2 Å². The Labute approximate surface area is 128 Å². The topological polar surface area (TPSA) is 96.0 Å². The van der Waals surface area contributed by atoms with Crippen molar-refractivity contribution in [2.24, 2.45) is 5.41 Å². The van der Waals surface area contributed by atoms with Gasteiger partial charge in [-0.15, -0.1) is 0 Å². The fourth-order valence-corrected chi connectivity index (χ4v) is 3.61. The van der Waals surface area contributed by atoms with Crippen molar-refractivity contribution in [2.75, 3.05) is 6.54 Å². The lowest BCUT2D eigenvalue weighted by molar-refractivity contribution is -0.130. The van der Waals surface area contributed by atoms with Crippen molar-refractivity contribution in [3.63, 3.8) is 0 Å². The third-order valence-electron chi connectivity index (χ3n) is 5.01. The fraction of sp³-hybridized carbons (Fsp3) is 0.667. The Bertz CT molecular complexity index is 685. The first-order valence-electron chi connectivity index (χ1n) is 7.89. The number of aromatic amines is 1. The van der Waals surface area contributed by atoms with Gasteiger partial charge in [0, 0.05) is 31.2 Å². The predicted molar refractivity (Wildman–Crippen MR) is 81.5 cm³/mol. The molecule has 7 nitrogen and oxygen atoms in total. The predicted octanol–water partition coefficient (Wildman–Crippen LogP) is -0.295. The van der Waals surface area contributed by atoms with E-state index in [2.05, 4.69) is 15.6 Å². The maximum Gasteiger partial charge on any atom is 0.328 e. The molecule has 120 valence electrons. The summed E-state index contributed by atoms with van der Waals surface area (Å²) in [5.41, 5.74) is -0.339. The molecule has 0 aromatic carbocycles. The molecule has 1 aliphatic heterocycles. The van der Waals surface area contributed by atoms with Crippen LogP contribution >= 0.6 is 0 Å². The van der Waals surface area contributed by atoms with Crippen LogP contribution in [0.2, 0.25) is 0 Å². The van der Waals surface area contributed by atoms with Crippen LogP contribution in [0.5, 0.6) is 0 Å². The van der Waals surface area contributed by atoms with Gasteiger partial charge in [0.2, 0.25) is 5.91 Å². The van der Waals surface area contributed by atoms with Gasteiger partial charge in [-0.05, 0) is 19.8 Å². The number of amides is 1. The standard InChI is InChI=1S/C15H22N4O3/c1-2-19-8-10(12(20)18-14(19)22)7-16-13(21)11-15(9-17-11)5-3-4-6-15/h8,11,17H,2-7,9H2,1H3,(H,16,21)(H,18,20,22).